The van der Waals surface area contributed by atoms with Gasteiger partial charge in [-0.1, -0.05) is 24.3 Å². The van der Waals surface area contributed by atoms with Gasteiger partial charge in [0.25, 0.3) is 0 Å². The zero-order valence-corrected chi connectivity index (χ0v) is 16.5. The molecule has 0 aliphatic carbocycles. The van der Waals surface area contributed by atoms with Gasteiger partial charge in [0.05, 0.1) is 12.7 Å². The van der Waals surface area contributed by atoms with Crippen LogP contribution in [0.4, 0.5) is 0 Å². The van der Waals surface area contributed by atoms with E-state index in [2.05, 4.69) is 5.32 Å². The molecular formula is C23H29NO4. The highest BCUT2D eigenvalue weighted by Crippen LogP contribution is 2.17. The lowest BCUT2D eigenvalue weighted by atomic mass is 10.2. The van der Waals surface area contributed by atoms with E-state index >= 15 is 0 Å². The summed E-state index contributed by atoms with van der Waals surface area (Å²) in [5.74, 6) is 1.72. The number of ether oxygens (including phenoxy) is 3. The third-order valence-electron chi connectivity index (χ3n) is 4.68. The second kappa shape index (κ2) is 10.7. The molecular weight excluding hydrogens is 354 g/mol. The van der Waals surface area contributed by atoms with Gasteiger partial charge in [0.1, 0.15) is 18.1 Å². The van der Waals surface area contributed by atoms with Crippen LogP contribution in [0.2, 0.25) is 0 Å². The van der Waals surface area contributed by atoms with E-state index in [-0.39, 0.29) is 12.0 Å². The van der Waals surface area contributed by atoms with E-state index in [9.17, 15) is 4.79 Å². The number of aryl methyl sites for hydroxylation is 1. The van der Waals surface area contributed by atoms with E-state index < -0.39 is 0 Å². The molecule has 5 nitrogen and oxygen atoms in total. The lowest BCUT2D eigenvalue weighted by molar-refractivity contribution is -0.121. The molecule has 5 heteroatoms. The van der Waals surface area contributed by atoms with Gasteiger partial charge in [0, 0.05) is 19.6 Å². The molecule has 1 N–H and O–H groups in total. The molecule has 0 saturated carbocycles. The van der Waals surface area contributed by atoms with Crippen LogP contribution in [0.25, 0.3) is 0 Å². The Morgan fingerprint density at radius 3 is 2.75 bits per heavy atom. The standard InChI is InChI=1S/C23H29NO4/c1-18-5-2-6-21(15-18)26-14-4-8-23(25)24-16-19-9-11-20(12-10-19)28-17-22-7-3-13-27-22/h2,5-6,9-12,15,22H,3-4,7-8,13-14,16-17H2,1H3,(H,24,25). The summed E-state index contributed by atoms with van der Waals surface area (Å²) in [6, 6.07) is 15.8. The predicted molar refractivity (Wildman–Crippen MR) is 109 cm³/mol. The molecule has 0 radical (unpaired) electrons. The zero-order chi connectivity index (χ0) is 19.6. The Balaban J connectivity index is 1.29. The van der Waals surface area contributed by atoms with Crippen LogP contribution in [0, 0.1) is 6.92 Å². The second-order valence-electron chi connectivity index (χ2n) is 7.14. The monoisotopic (exact) mass is 383 g/mol. The first-order valence-electron chi connectivity index (χ1n) is 9.98. The SMILES string of the molecule is Cc1cccc(OCCCC(=O)NCc2ccc(OCC3CCCO3)cc2)c1. The number of benzene rings is 2. The number of hydrogen-bond acceptors (Lipinski definition) is 4. The highest BCUT2D eigenvalue weighted by Gasteiger charge is 2.15. The van der Waals surface area contributed by atoms with Crippen molar-refractivity contribution in [1.82, 2.24) is 5.32 Å². The van der Waals surface area contributed by atoms with Crippen molar-refractivity contribution in [2.75, 3.05) is 19.8 Å². The van der Waals surface area contributed by atoms with E-state index in [1.165, 1.54) is 5.56 Å². The minimum absolute atomic E-state index is 0.0338. The number of carbonyl (C=O) groups excluding carboxylic acids is 1. The van der Waals surface area contributed by atoms with Crippen LogP contribution in [0.15, 0.2) is 48.5 Å². The molecule has 1 aliphatic rings. The fourth-order valence-corrected chi connectivity index (χ4v) is 3.09. The molecule has 0 aromatic heterocycles. The summed E-state index contributed by atoms with van der Waals surface area (Å²) in [4.78, 5) is 12.0. The van der Waals surface area contributed by atoms with Crippen LogP contribution in [0.3, 0.4) is 0 Å². The lowest BCUT2D eigenvalue weighted by Gasteiger charge is -2.12. The molecule has 28 heavy (non-hydrogen) atoms. The van der Waals surface area contributed by atoms with Gasteiger partial charge in [-0.25, -0.2) is 0 Å². The largest absolute Gasteiger partial charge is 0.494 e. The van der Waals surface area contributed by atoms with Crippen LogP contribution < -0.4 is 14.8 Å². The molecule has 1 atom stereocenters. The van der Waals surface area contributed by atoms with Crippen molar-refractivity contribution in [2.45, 2.75) is 45.3 Å². The molecule has 1 unspecified atom stereocenters. The predicted octanol–water partition coefficient (Wildman–Crippen LogP) is 4.03. The molecule has 1 aliphatic heterocycles. The minimum Gasteiger partial charge on any atom is -0.494 e. The zero-order valence-electron chi connectivity index (χ0n) is 16.5. The summed E-state index contributed by atoms with van der Waals surface area (Å²) in [7, 11) is 0. The van der Waals surface area contributed by atoms with E-state index in [0.717, 1.165) is 36.5 Å². The van der Waals surface area contributed by atoms with Gasteiger partial charge >= 0.3 is 0 Å². The summed E-state index contributed by atoms with van der Waals surface area (Å²) >= 11 is 0. The number of carbonyl (C=O) groups is 1. The first-order valence-corrected chi connectivity index (χ1v) is 9.98. The molecule has 1 fully saturated rings. The molecule has 1 amide bonds. The molecule has 0 spiro atoms. The van der Waals surface area contributed by atoms with E-state index in [4.69, 9.17) is 14.2 Å². The second-order valence-corrected chi connectivity index (χ2v) is 7.14. The highest BCUT2D eigenvalue weighted by molar-refractivity contribution is 5.75. The molecule has 1 saturated heterocycles. The quantitative estimate of drug-likeness (QED) is 0.630. The van der Waals surface area contributed by atoms with Crippen molar-refractivity contribution in [1.29, 1.82) is 0 Å². The Labute approximate surface area is 167 Å². The summed E-state index contributed by atoms with van der Waals surface area (Å²) in [6.45, 7) is 4.52. The van der Waals surface area contributed by atoms with Crippen molar-refractivity contribution in [3.05, 3.63) is 59.7 Å². The number of hydrogen-bond donors (Lipinski definition) is 1. The molecule has 3 rings (SSSR count). The Bertz CT molecular complexity index is 739. The van der Waals surface area contributed by atoms with Crippen LogP contribution in [-0.4, -0.2) is 31.8 Å². The minimum atomic E-state index is 0.0338. The van der Waals surface area contributed by atoms with Crippen LogP contribution >= 0.6 is 0 Å². The van der Waals surface area contributed by atoms with Gasteiger partial charge in [-0.15, -0.1) is 0 Å². The first kappa shape index (κ1) is 20.2. The summed E-state index contributed by atoms with van der Waals surface area (Å²) < 4.78 is 17.0. The van der Waals surface area contributed by atoms with Gasteiger partial charge < -0.3 is 19.5 Å². The van der Waals surface area contributed by atoms with Crippen LogP contribution in [0.5, 0.6) is 11.5 Å². The third kappa shape index (κ3) is 6.89. The Kier molecular flexibility index (Phi) is 7.73. The summed E-state index contributed by atoms with van der Waals surface area (Å²) in [6.07, 6.45) is 3.54. The topological polar surface area (TPSA) is 56.8 Å². The molecule has 1 heterocycles. The van der Waals surface area contributed by atoms with E-state index in [1.807, 2.05) is 55.5 Å². The van der Waals surface area contributed by atoms with Gasteiger partial charge in [-0.05, 0) is 61.6 Å². The first-order chi connectivity index (χ1) is 13.7. The summed E-state index contributed by atoms with van der Waals surface area (Å²) in [5.41, 5.74) is 2.22. The highest BCUT2D eigenvalue weighted by atomic mass is 16.5. The number of amides is 1. The maximum Gasteiger partial charge on any atom is 0.220 e. The molecule has 0 bridgehead atoms. The Morgan fingerprint density at radius 2 is 2.00 bits per heavy atom. The fourth-order valence-electron chi connectivity index (χ4n) is 3.09. The Hall–Kier alpha value is -2.53. The maximum absolute atomic E-state index is 12.0. The van der Waals surface area contributed by atoms with Crippen molar-refractivity contribution < 1.29 is 19.0 Å². The van der Waals surface area contributed by atoms with Gasteiger partial charge in [0.15, 0.2) is 0 Å². The normalized spacial score (nSPS) is 16.0. The van der Waals surface area contributed by atoms with Crippen LogP contribution in [-0.2, 0) is 16.1 Å². The summed E-state index contributed by atoms with van der Waals surface area (Å²) in [5, 5.41) is 2.95. The van der Waals surface area contributed by atoms with Crippen molar-refractivity contribution >= 4 is 5.91 Å². The fraction of sp³-hybridized carbons (Fsp3) is 0.435. The third-order valence-corrected chi connectivity index (χ3v) is 4.68. The lowest BCUT2D eigenvalue weighted by Crippen LogP contribution is -2.23. The van der Waals surface area contributed by atoms with E-state index in [0.29, 0.717) is 32.6 Å². The molecule has 150 valence electrons. The molecule has 2 aromatic rings. The molecule has 2 aromatic carbocycles. The number of nitrogens with one attached hydrogen (secondary N) is 1. The van der Waals surface area contributed by atoms with Gasteiger partial charge in [-0.3, -0.25) is 4.79 Å². The van der Waals surface area contributed by atoms with Crippen molar-refractivity contribution in [3.8, 4) is 11.5 Å². The maximum atomic E-state index is 12.0. The van der Waals surface area contributed by atoms with E-state index in [1.54, 1.807) is 0 Å². The van der Waals surface area contributed by atoms with Gasteiger partial charge in [0.2, 0.25) is 5.91 Å². The average Bonchev–Trinajstić information content (AvgIpc) is 3.23. The van der Waals surface area contributed by atoms with Crippen LogP contribution in [0.1, 0.15) is 36.8 Å². The smallest absolute Gasteiger partial charge is 0.220 e. The van der Waals surface area contributed by atoms with Crippen molar-refractivity contribution in [3.63, 3.8) is 0 Å². The van der Waals surface area contributed by atoms with Gasteiger partial charge in [-0.2, -0.15) is 0 Å². The average molecular weight is 383 g/mol. The Morgan fingerprint density at radius 1 is 1.14 bits per heavy atom. The van der Waals surface area contributed by atoms with Crippen molar-refractivity contribution in [2.24, 2.45) is 0 Å². The number of rotatable bonds is 10.